The van der Waals surface area contributed by atoms with Crippen molar-refractivity contribution in [2.24, 2.45) is 0 Å². The first kappa shape index (κ1) is 28.8. The minimum atomic E-state index is -3.94. The Kier molecular flexibility index (Phi) is 11.3. The summed E-state index contributed by atoms with van der Waals surface area (Å²) in [4.78, 5) is 20.7. The number of hydrogen-bond donors (Lipinski definition) is 4. The Labute approximate surface area is 212 Å². The summed E-state index contributed by atoms with van der Waals surface area (Å²) >= 11 is 0. The number of benzene rings is 2. The van der Waals surface area contributed by atoms with Gasteiger partial charge in [-0.25, -0.2) is 16.8 Å². The Balaban J connectivity index is 0.00000544. The van der Waals surface area contributed by atoms with Gasteiger partial charge in [0.1, 0.15) is 37.8 Å². The van der Waals surface area contributed by atoms with E-state index in [9.17, 15) is 26.4 Å². The molecule has 0 aromatic heterocycles. The van der Waals surface area contributed by atoms with Gasteiger partial charge in [0.05, 0.1) is 9.79 Å². The van der Waals surface area contributed by atoms with Crippen molar-refractivity contribution in [2.75, 3.05) is 26.3 Å². The fourth-order valence-corrected chi connectivity index (χ4v) is 4.18. The van der Waals surface area contributed by atoms with Gasteiger partial charge in [0.25, 0.3) is 0 Å². The number of rotatable bonds is 13. The molecule has 0 atom stereocenters. The standard InChI is InChI=1S/C18H20N2O10S2.Na/c21-17(22)11-19-31(25,26)15-5-1-13(2-6-15)29-9-10-30-14-3-7-16(8-4-14)32(27,28)20-12-18(23)24;/h1-8,19-20H,9-12H2,(H,21,22)(H,23,24);/q;+1. The average molecular weight is 511 g/mol. The summed E-state index contributed by atoms with van der Waals surface area (Å²) < 4.78 is 62.4. The molecule has 0 amide bonds. The van der Waals surface area contributed by atoms with Crippen LogP contribution in [0.5, 0.6) is 11.5 Å². The largest absolute Gasteiger partial charge is 1.00 e. The number of aliphatic carboxylic acids is 2. The van der Waals surface area contributed by atoms with E-state index in [1.165, 1.54) is 48.5 Å². The molecule has 0 fully saturated rings. The molecule has 12 nitrogen and oxygen atoms in total. The molecule has 33 heavy (non-hydrogen) atoms. The van der Waals surface area contributed by atoms with Gasteiger partial charge in [0.2, 0.25) is 20.0 Å². The molecule has 15 heteroatoms. The quantitative estimate of drug-likeness (QED) is 0.158. The Hall–Kier alpha value is -2.20. The zero-order chi connectivity index (χ0) is 23.8. The zero-order valence-corrected chi connectivity index (χ0v) is 21.1. The van der Waals surface area contributed by atoms with Gasteiger partial charge in [0, 0.05) is 0 Å². The molecular weight excluding hydrogens is 491 g/mol. The fraction of sp³-hybridized carbons (Fsp3) is 0.222. The SMILES string of the molecule is O=C(O)CNS(=O)(=O)c1ccc(OCCOc2ccc(S(=O)(=O)NCC(=O)O)cc2)cc1.[Na+]. The number of hydrogen-bond acceptors (Lipinski definition) is 8. The third kappa shape index (κ3) is 9.67. The van der Waals surface area contributed by atoms with Crippen LogP contribution in [0.1, 0.15) is 0 Å². The van der Waals surface area contributed by atoms with Crippen LogP contribution in [0, 0.1) is 0 Å². The maximum absolute atomic E-state index is 11.9. The molecule has 2 aromatic rings. The van der Waals surface area contributed by atoms with E-state index in [2.05, 4.69) is 0 Å². The second-order valence-corrected chi connectivity index (χ2v) is 9.61. The smallest absolute Gasteiger partial charge is 0.490 e. The number of ether oxygens (including phenoxy) is 2. The first-order valence-electron chi connectivity index (χ1n) is 8.88. The third-order valence-corrected chi connectivity index (χ3v) is 6.55. The number of nitrogens with one attached hydrogen (secondary N) is 2. The summed E-state index contributed by atoms with van der Waals surface area (Å²) in [6.07, 6.45) is 0. The summed E-state index contributed by atoms with van der Waals surface area (Å²) in [6.45, 7) is -1.26. The fourth-order valence-electron chi connectivity index (χ4n) is 2.23. The van der Waals surface area contributed by atoms with Gasteiger partial charge in [0.15, 0.2) is 0 Å². The van der Waals surface area contributed by atoms with Crippen LogP contribution in [0.25, 0.3) is 0 Å². The van der Waals surface area contributed by atoms with Crippen molar-refractivity contribution in [2.45, 2.75) is 9.79 Å². The van der Waals surface area contributed by atoms with E-state index in [-0.39, 0.29) is 52.6 Å². The summed E-state index contributed by atoms with van der Waals surface area (Å²) in [6, 6.07) is 10.7. The van der Waals surface area contributed by atoms with E-state index in [4.69, 9.17) is 19.7 Å². The predicted octanol–water partition coefficient (Wildman–Crippen LogP) is -3.13. The van der Waals surface area contributed by atoms with Crippen molar-refractivity contribution in [3.8, 4) is 11.5 Å². The monoisotopic (exact) mass is 511 g/mol. The molecule has 2 aromatic carbocycles. The van der Waals surface area contributed by atoms with Crippen LogP contribution in [0.2, 0.25) is 0 Å². The summed E-state index contributed by atoms with van der Waals surface area (Å²) in [5.74, 6) is -1.90. The topological polar surface area (TPSA) is 185 Å². The molecule has 0 saturated heterocycles. The molecule has 0 radical (unpaired) electrons. The molecule has 174 valence electrons. The Morgan fingerprint density at radius 3 is 1.24 bits per heavy atom. The van der Waals surface area contributed by atoms with Gasteiger partial charge in [-0.2, -0.15) is 9.44 Å². The van der Waals surface area contributed by atoms with Crippen molar-refractivity contribution in [1.29, 1.82) is 0 Å². The van der Waals surface area contributed by atoms with E-state index in [0.29, 0.717) is 11.5 Å². The van der Waals surface area contributed by atoms with Crippen molar-refractivity contribution in [3.05, 3.63) is 48.5 Å². The van der Waals surface area contributed by atoms with Crippen LogP contribution in [0.3, 0.4) is 0 Å². The van der Waals surface area contributed by atoms with Gasteiger partial charge in [-0.1, -0.05) is 0 Å². The van der Waals surface area contributed by atoms with E-state index in [0.717, 1.165) is 0 Å². The molecule has 0 unspecified atom stereocenters. The van der Waals surface area contributed by atoms with Crippen LogP contribution in [0.15, 0.2) is 58.3 Å². The van der Waals surface area contributed by atoms with Crippen molar-refractivity contribution in [3.63, 3.8) is 0 Å². The van der Waals surface area contributed by atoms with Gasteiger partial charge in [-0.05, 0) is 48.5 Å². The summed E-state index contributed by atoms with van der Waals surface area (Å²) in [5.41, 5.74) is 0. The molecule has 4 N–H and O–H groups in total. The molecule has 0 aliphatic carbocycles. The Morgan fingerprint density at radius 1 is 0.667 bits per heavy atom. The molecule has 0 aliphatic heterocycles. The van der Waals surface area contributed by atoms with Crippen molar-refractivity contribution >= 4 is 32.0 Å². The van der Waals surface area contributed by atoms with Gasteiger partial charge in [-0.3, -0.25) is 9.59 Å². The van der Waals surface area contributed by atoms with Crippen LogP contribution in [0.4, 0.5) is 0 Å². The van der Waals surface area contributed by atoms with E-state index < -0.39 is 45.1 Å². The molecular formula is C18H20N2NaO10S2+. The number of carbonyl (C=O) groups is 2. The molecule has 0 bridgehead atoms. The first-order valence-corrected chi connectivity index (χ1v) is 11.8. The van der Waals surface area contributed by atoms with Crippen LogP contribution >= 0.6 is 0 Å². The second kappa shape index (κ2) is 12.9. The number of sulfonamides is 2. The van der Waals surface area contributed by atoms with Crippen molar-refractivity contribution < 1.29 is 75.7 Å². The van der Waals surface area contributed by atoms with E-state index >= 15 is 0 Å². The number of carboxylic acids is 2. The summed E-state index contributed by atoms with van der Waals surface area (Å²) in [7, 11) is -7.89. The summed E-state index contributed by atoms with van der Waals surface area (Å²) in [5, 5.41) is 17.1. The van der Waals surface area contributed by atoms with Gasteiger partial charge in [-0.15, -0.1) is 0 Å². The maximum atomic E-state index is 11.9. The normalized spacial score (nSPS) is 11.3. The molecule has 0 heterocycles. The molecule has 2 rings (SSSR count). The van der Waals surface area contributed by atoms with Gasteiger partial charge < -0.3 is 19.7 Å². The van der Waals surface area contributed by atoms with Crippen LogP contribution < -0.4 is 48.5 Å². The molecule has 0 aliphatic rings. The Bertz CT molecular complexity index is 1060. The van der Waals surface area contributed by atoms with Crippen LogP contribution in [-0.2, 0) is 29.6 Å². The molecule has 0 saturated carbocycles. The minimum absolute atomic E-state index is 0. The van der Waals surface area contributed by atoms with E-state index in [1.807, 2.05) is 9.44 Å². The maximum Gasteiger partial charge on any atom is 1.00 e. The first-order chi connectivity index (χ1) is 15.0. The van der Waals surface area contributed by atoms with Crippen LogP contribution in [-0.4, -0.2) is 65.3 Å². The molecule has 0 spiro atoms. The van der Waals surface area contributed by atoms with Gasteiger partial charge >= 0.3 is 41.5 Å². The predicted molar refractivity (Wildman–Crippen MR) is 110 cm³/mol. The Morgan fingerprint density at radius 2 is 0.970 bits per heavy atom. The third-order valence-electron chi connectivity index (χ3n) is 3.72. The van der Waals surface area contributed by atoms with Crippen molar-refractivity contribution in [1.82, 2.24) is 9.44 Å². The van der Waals surface area contributed by atoms with E-state index in [1.54, 1.807) is 0 Å². The second-order valence-electron chi connectivity index (χ2n) is 6.08. The minimum Gasteiger partial charge on any atom is -0.490 e. The zero-order valence-electron chi connectivity index (χ0n) is 17.4. The number of carboxylic acid groups (broad SMARTS) is 2. The average Bonchev–Trinajstić information content (AvgIpc) is 2.75.